The van der Waals surface area contributed by atoms with Gasteiger partial charge >= 0.3 is 0 Å². The lowest BCUT2D eigenvalue weighted by Gasteiger charge is -2.23. The molecule has 23 heavy (non-hydrogen) atoms. The van der Waals surface area contributed by atoms with Crippen LogP contribution in [0.2, 0.25) is 0 Å². The van der Waals surface area contributed by atoms with Crippen molar-refractivity contribution in [1.29, 1.82) is 0 Å². The van der Waals surface area contributed by atoms with E-state index in [0.29, 0.717) is 25.8 Å². The van der Waals surface area contributed by atoms with Gasteiger partial charge in [-0.1, -0.05) is 6.07 Å². The van der Waals surface area contributed by atoms with E-state index in [1.807, 2.05) is 29.8 Å². The topological polar surface area (TPSA) is 71.1 Å². The second-order valence-corrected chi connectivity index (χ2v) is 7.81. The van der Waals surface area contributed by atoms with Crippen LogP contribution in [0.5, 0.6) is 0 Å². The van der Waals surface area contributed by atoms with E-state index in [2.05, 4.69) is 15.6 Å². The van der Waals surface area contributed by atoms with Crippen LogP contribution in [0, 0.1) is 0 Å². The van der Waals surface area contributed by atoms with Gasteiger partial charge in [0.1, 0.15) is 5.01 Å². The average molecular weight is 349 g/mol. The molecule has 5 nitrogen and oxygen atoms in total. The molecule has 1 fully saturated rings. The molecule has 7 heteroatoms. The first-order valence-corrected chi connectivity index (χ1v) is 9.36. The van der Waals surface area contributed by atoms with Crippen molar-refractivity contribution in [2.75, 3.05) is 0 Å². The van der Waals surface area contributed by atoms with Crippen LogP contribution in [-0.2, 0) is 16.1 Å². The molecule has 0 aromatic carbocycles. The lowest BCUT2D eigenvalue weighted by Crippen LogP contribution is -2.39. The maximum Gasteiger partial charge on any atom is 0.220 e. The van der Waals surface area contributed by atoms with E-state index in [0.717, 1.165) is 22.0 Å². The van der Waals surface area contributed by atoms with Crippen LogP contribution in [0.15, 0.2) is 22.9 Å². The van der Waals surface area contributed by atoms with Gasteiger partial charge in [-0.05, 0) is 31.2 Å². The molecule has 3 heterocycles. The van der Waals surface area contributed by atoms with E-state index >= 15 is 0 Å². The number of nitrogens with one attached hydrogen (secondary N) is 2. The predicted molar refractivity (Wildman–Crippen MR) is 92.3 cm³/mol. The number of amides is 2. The van der Waals surface area contributed by atoms with Gasteiger partial charge in [0.2, 0.25) is 11.8 Å². The number of aromatic nitrogens is 1. The molecule has 2 amide bonds. The van der Waals surface area contributed by atoms with E-state index in [1.165, 1.54) is 0 Å². The molecule has 3 rings (SSSR count). The van der Waals surface area contributed by atoms with Crippen LogP contribution >= 0.6 is 22.7 Å². The summed E-state index contributed by atoms with van der Waals surface area (Å²) < 4.78 is 0. The fourth-order valence-electron chi connectivity index (χ4n) is 2.61. The highest BCUT2D eigenvalue weighted by atomic mass is 32.1. The van der Waals surface area contributed by atoms with Gasteiger partial charge in [-0.15, -0.1) is 22.7 Å². The molecule has 1 unspecified atom stereocenters. The number of carbonyl (C=O) groups excluding carboxylic acids is 2. The first-order valence-electron chi connectivity index (χ1n) is 7.60. The minimum absolute atomic E-state index is 0.00181. The Labute approximate surface area is 143 Å². The lowest BCUT2D eigenvalue weighted by atomic mass is 9.94. The highest BCUT2D eigenvalue weighted by Gasteiger charge is 2.32. The van der Waals surface area contributed by atoms with Crippen molar-refractivity contribution in [2.45, 2.75) is 44.7 Å². The predicted octanol–water partition coefficient (Wildman–Crippen LogP) is 2.94. The lowest BCUT2D eigenvalue weighted by molar-refractivity contribution is -0.122. The molecule has 0 spiro atoms. The zero-order valence-electron chi connectivity index (χ0n) is 12.9. The van der Waals surface area contributed by atoms with Crippen LogP contribution in [-0.4, -0.2) is 22.3 Å². The Morgan fingerprint density at radius 3 is 3.04 bits per heavy atom. The normalized spacial score (nSPS) is 20.5. The van der Waals surface area contributed by atoms with Gasteiger partial charge in [0.25, 0.3) is 0 Å². The Morgan fingerprint density at radius 1 is 1.48 bits per heavy atom. The van der Waals surface area contributed by atoms with Crippen molar-refractivity contribution >= 4 is 34.5 Å². The van der Waals surface area contributed by atoms with Crippen molar-refractivity contribution in [1.82, 2.24) is 15.6 Å². The Balaban J connectivity index is 1.45. The number of carbonyl (C=O) groups is 2. The first kappa shape index (κ1) is 16.1. The molecule has 1 aliphatic rings. The maximum atomic E-state index is 12.0. The third-order valence-corrected chi connectivity index (χ3v) is 5.93. The van der Waals surface area contributed by atoms with Crippen LogP contribution in [0.25, 0.3) is 9.88 Å². The molecule has 122 valence electrons. The molecule has 2 N–H and O–H groups in total. The number of nitrogens with zero attached hydrogens (tertiary/aromatic N) is 1. The molecule has 1 aliphatic heterocycles. The standard InChI is InChI=1S/C16H19N3O2S2/c1-16(7-5-14(21)19-16)6-4-13(20)17-9-11-10-23-15(18-11)12-3-2-8-22-12/h2-3,8,10H,4-7,9H2,1H3,(H,17,20)(H,19,21). The summed E-state index contributed by atoms with van der Waals surface area (Å²) in [4.78, 5) is 29.0. The fraction of sp³-hybridized carbons (Fsp3) is 0.438. The zero-order valence-corrected chi connectivity index (χ0v) is 14.6. The molecule has 0 radical (unpaired) electrons. The van der Waals surface area contributed by atoms with Crippen LogP contribution in [0.4, 0.5) is 0 Å². The smallest absolute Gasteiger partial charge is 0.220 e. The third kappa shape index (κ3) is 4.17. The first-order chi connectivity index (χ1) is 11.0. The van der Waals surface area contributed by atoms with Gasteiger partial charge < -0.3 is 10.6 Å². The Morgan fingerprint density at radius 2 is 2.35 bits per heavy atom. The highest BCUT2D eigenvalue weighted by Crippen LogP contribution is 2.28. The molecule has 2 aromatic heterocycles. The molecule has 0 bridgehead atoms. The molecule has 0 aliphatic carbocycles. The zero-order chi connectivity index (χ0) is 16.3. The quantitative estimate of drug-likeness (QED) is 0.842. The molecular formula is C16H19N3O2S2. The van der Waals surface area contributed by atoms with Crippen molar-refractivity contribution in [2.24, 2.45) is 0 Å². The number of hydrogen-bond donors (Lipinski definition) is 2. The van der Waals surface area contributed by atoms with Crippen LogP contribution in [0.1, 0.15) is 38.3 Å². The molecular weight excluding hydrogens is 330 g/mol. The summed E-state index contributed by atoms with van der Waals surface area (Å²) in [7, 11) is 0. The monoisotopic (exact) mass is 349 g/mol. The SMILES string of the molecule is CC1(CCC(=O)NCc2csc(-c3cccs3)n2)CCC(=O)N1. The van der Waals surface area contributed by atoms with Gasteiger partial charge in [-0.3, -0.25) is 9.59 Å². The minimum atomic E-state index is -0.235. The van der Waals surface area contributed by atoms with E-state index in [-0.39, 0.29) is 17.4 Å². The Bertz CT molecular complexity index is 696. The summed E-state index contributed by atoms with van der Waals surface area (Å²) >= 11 is 3.25. The van der Waals surface area contributed by atoms with E-state index in [4.69, 9.17) is 0 Å². The van der Waals surface area contributed by atoms with Gasteiger partial charge in [0.05, 0.1) is 17.1 Å². The summed E-state index contributed by atoms with van der Waals surface area (Å²) in [6, 6.07) is 4.05. The maximum absolute atomic E-state index is 12.0. The Kier molecular flexibility index (Phi) is 4.77. The second kappa shape index (κ2) is 6.80. The highest BCUT2D eigenvalue weighted by molar-refractivity contribution is 7.20. The molecule has 1 atom stereocenters. The summed E-state index contributed by atoms with van der Waals surface area (Å²) in [6.07, 6.45) is 2.44. The van der Waals surface area contributed by atoms with Gasteiger partial charge in [-0.25, -0.2) is 4.98 Å². The number of thiazole rings is 1. The van der Waals surface area contributed by atoms with Gasteiger partial charge in [0.15, 0.2) is 0 Å². The van der Waals surface area contributed by atoms with Crippen LogP contribution < -0.4 is 10.6 Å². The third-order valence-electron chi connectivity index (χ3n) is 4.00. The average Bonchev–Trinajstić information content (AvgIpc) is 3.24. The summed E-state index contributed by atoms with van der Waals surface area (Å²) in [5, 5.41) is 10.9. The molecule has 1 saturated heterocycles. The van der Waals surface area contributed by atoms with E-state index in [1.54, 1.807) is 22.7 Å². The fourth-order valence-corrected chi connectivity index (χ4v) is 4.24. The number of rotatable bonds is 6. The van der Waals surface area contributed by atoms with Crippen molar-refractivity contribution in [3.8, 4) is 9.88 Å². The minimum Gasteiger partial charge on any atom is -0.351 e. The summed E-state index contributed by atoms with van der Waals surface area (Å²) in [5.74, 6) is 0.0783. The molecule has 0 saturated carbocycles. The van der Waals surface area contributed by atoms with Gasteiger partial charge in [-0.2, -0.15) is 0 Å². The summed E-state index contributed by atoms with van der Waals surface area (Å²) in [5.41, 5.74) is 0.647. The van der Waals surface area contributed by atoms with Crippen molar-refractivity contribution < 1.29 is 9.59 Å². The summed E-state index contributed by atoms with van der Waals surface area (Å²) in [6.45, 7) is 2.45. The molecule has 2 aromatic rings. The van der Waals surface area contributed by atoms with Crippen molar-refractivity contribution in [3.63, 3.8) is 0 Å². The van der Waals surface area contributed by atoms with Gasteiger partial charge in [0, 0.05) is 23.8 Å². The number of thiophene rings is 1. The van der Waals surface area contributed by atoms with E-state index in [9.17, 15) is 9.59 Å². The van der Waals surface area contributed by atoms with Crippen LogP contribution in [0.3, 0.4) is 0 Å². The largest absolute Gasteiger partial charge is 0.351 e. The van der Waals surface area contributed by atoms with Crippen molar-refractivity contribution in [3.05, 3.63) is 28.6 Å². The number of hydrogen-bond acceptors (Lipinski definition) is 5. The van der Waals surface area contributed by atoms with E-state index < -0.39 is 0 Å². The second-order valence-electron chi connectivity index (χ2n) is 6.01. The Hall–Kier alpha value is -1.73.